The molecule has 20 heavy (non-hydrogen) atoms. The predicted octanol–water partition coefficient (Wildman–Crippen LogP) is 2.69. The monoisotopic (exact) mass is 274 g/mol. The Kier molecular flexibility index (Phi) is 4.14. The van der Waals surface area contributed by atoms with E-state index in [9.17, 15) is 9.90 Å². The average molecular weight is 274 g/mol. The number of hydrogen-bond donors (Lipinski definition) is 3. The van der Waals surface area contributed by atoms with Gasteiger partial charge < -0.3 is 15.4 Å². The zero-order valence-corrected chi connectivity index (χ0v) is 12.2. The quantitative estimate of drug-likeness (QED) is 0.785. The number of aliphatic hydroxyl groups is 1. The minimum atomic E-state index is -0.363. The molecule has 0 saturated carbocycles. The first kappa shape index (κ1) is 14.6. The third kappa shape index (κ3) is 3.61. The molecule has 4 heteroatoms. The van der Waals surface area contributed by atoms with Crippen LogP contribution in [0.15, 0.2) is 30.5 Å². The molecule has 2 rings (SSSR count). The van der Waals surface area contributed by atoms with E-state index in [1.165, 1.54) is 0 Å². The third-order valence-corrected chi connectivity index (χ3v) is 3.39. The van der Waals surface area contributed by atoms with Crippen molar-refractivity contribution >= 4 is 16.8 Å². The van der Waals surface area contributed by atoms with E-state index in [4.69, 9.17) is 0 Å². The van der Waals surface area contributed by atoms with Crippen LogP contribution in [0.1, 0.15) is 37.6 Å². The van der Waals surface area contributed by atoms with Crippen molar-refractivity contribution in [2.45, 2.75) is 33.3 Å². The van der Waals surface area contributed by atoms with Gasteiger partial charge in [0.25, 0.3) is 5.91 Å². The van der Waals surface area contributed by atoms with Crippen molar-refractivity contribution in [1.82, 2.24) is 10.3 Å². The van der Waals surface area contributed by atoms with E-state index in [0.29, 0.717) is 18.5 Å². The lowest BCUT2D eigenvalue weighted by Gasteiger charge is -2.26. The molecule has 0 aliphatic rings. The van der Waals surface area contributed by atoms with Crippen LogP contribution in [0.2, 0.25) is 0 Å². The average Bonchev–Trinajstić information content (AvgIpc) is 2.81. The summed E-state index contributed by atoms with van der Waals surface area (Å²) in [4.78, 5) is 15.3. The van der Waals surface area contributed by atoms with Crippen molar-refractivity contribution < 1.29 is 9.90 Å². The number of carbonyl (C=O) groups is 1. The lowest BCUT2D eigenvalue weighted by Crippen LogP contribution is -2.35. The predicted molar refractivity (Wildman–Crippen MR) is 80.7 cm³/mol. The van der Waals surface area contributed by atoms with E-state index in [2.05, 4.69) is 10.3 Å². The van der Waals surface area contributed by atoms with Gasteiger partial charge in [0.15, 0.2) is 0 Å². The number of amides is 1. The molecule has 4 nitrogen and oxygen atoms in total. The molecule has 1 heterocycles. The van der Waals surface area contributed by atoms with E-state index >= 15 is 0 Å². The Bertz CT molecular complexity index is 599. The largest absolute Gasteiger partial charge is 0.393 e. The molecular formula is C16H22N2O2. The van der Waals surface area contributed by atoms with Crippen molar-refractivity contribution in [2.24, 2.45) is 5.41 Å². The summed E-state index contributed by atoms with van der Waals surface area (Å²) >= 11 is 0. The smallest absolute Gasteiger partial charge is 0.251 e. The van der Waals surface area contributed by atoms with Gasteiger partial charge in [0.05, 0.1) is 6.10 Å². The van der Waals surface area contributed by atoms with Gasteiger partial charge in [0.1, 0.15) is 0 Å². The molecule has 1 unspecified atom stereocenters. The van der Waals surface area contributed by atoms with E-state index in [1.807, 2.05) is 44.3 Å². The molecule has 0 fully saturated rings. The fraction of sp³-hybridized carbons (Fsp3) is 0.438. The first-order valence-electron chi connectivity index (χ1n) is 6.91. The Balaban J connectivity index is 2.01. The van der Waals surface area contributed by atoms with E-state index in [1.54, 1.807) is 6.92 Å². The number of aromatic amines is 1. The van der Waals surface area contributed by atoms with Gasteiger partial charge in [-0.25, -0.2) is 0 Å². The molecule has 0 aliphatic carbocycles. The van der Waals surface area contributed by atoms with E-state index in [0.717, 1.165) is 10.9 Å². The van der Waals surface area contributed by atoms with Crippen molar-refractivity contribution in [2.75, 3.05) is 6.54 Å². The van der Waals surface area contributed by atoms with Crippen molar-refractivity contribution in [3.8, 4) is 0 Å². The summed E-state index contributed by atoms with van der Waals surface area (Å²) < 4.78 is 0. The molecule has 108 valence electrons. The highest BCUT2D eigenvalue weighted by atomic mass is 16.3. The maximum Gasteiger partial charge on any atom is 0.251 e. The summed E-state index contributed by atoms with van der Waals surface area (Å²) in [7, 11) is 0. The Morgan fingerprint density at radius 2 is 2.15 bits per heavy atom. The molecule has 2 aromatic rings. The maximum atomic E-state index is 12.2. The third-order valence-electron chi connectivity index (χ3n) is 3.39. The lowest BCUT2D eigenvalue weighted by molar-refractivity contribution is 0.0902. The second-order valence-electron chi connectivity index (χ2n) is 6.18. The van der Waals surface area contributed by atoms with Crippen LogP contribution >= 0.6 is 0 Å². The lowest BCUT2D eigenvalue weighted by atomic mass is 9.87. The van der Waals surface area contributed by atoms with Crippen molar-refractivity contribution in [1.29, 1.82) is 0 Å². The Morgan fingerprint density at radius 1 is 1.40 bits per heavy atom. The summed E-state index contributed by atoms with van der Waals surface area (Å²) in [5, 5.41) is 13.4. The molecule has 3 N–H and O–H groups in total. The van der Waals surface area contributed by atoms with E-state index < -0.39 is 0 Å². The van der Waals surface area contributed by atoms with Crippen LogP contribution in [-0.2, 0) is 0 Å². The highest BCUT2D eigenvalue weighted by Gasteiger charge is 2.21. The molecule has 0 saturated heterocycles. The fourth-order valence-corrected chi connectivity index (χ4v) is 2.49. The first-order chi connectivity index (χ1) is 9.37. The van der Waals surface area contributed by atoms with Crippen LogP contribution in [0.5, 0.6) is 0 Å². The zero-order chi connectivity index (χ0) is 14.8. The molecule has 1 aromatic carbocycles. The minimum absolute atomic E-state index is 0.0771. The number of benzene rings is 1. The first-order valence-corrected chi connectivity index (χ1v) is 6.91. The van der Waals surface area contributed by atoms with Crippen LogP contribution in [0.25, 0.3) is 10.9 Å². The molecule has 0 aliphatic heterocycles. The highest BCUT2D eigenvalue weighted by Crippen LogP contribution is 2.21. The number of aliphatic hydroxyl groups excluding tert-OH is 1. The van der Waals surface area contributed by atoms with Gasteiger partial charge in [-0.05, 0) is 43.0 Å². The molecule has 0 spiro atoms. The summed E-state index contributed by atoms with van der Waals surface area (Å²) in [5.41, 5.74) is 1.56. The number of carbonyl (C=O) groups excluding carboxylic acids is 1. The van der Waals surface area contributed by atoms with Crippen LogP contribution in [0, 0.1) is 5.41 Å². The number of hydrogen-bond acceptors (Lipinski definition) is 2. The van der Waals surface area contributed by atoms with Crippen molar-refractivity contribution in [3.63, 3.8) is 0 Å². The second-order valence-corrected chi connectivity index (χ2v) is 6.18. The Morgan fingerprint density at radius 3 is 2.85 bits per heavy atom. The van der Waals surface area contributed by atoms with Gasteiger partial charge in [0, 0.05) is 29.2 Å². The normalized spacial score (nSPS) is 13.4. The minimum Gasteiger partial charge on any atom is -0.393 e. The number of fused-ring (bicyclic) bond motifs is 1. The Hall–Kier alpha value is -1.81. The Labute approximate surface area is 119 Å². The topological polar surface area (TPSA) is 65.1 Å². The van der Waals surface area contributed by atoms with Crippen molar-refractivity contribution in [3.05, 3.63) is 36.0 Å². The van der Waals surface area contributed by atoms with Crippen LogP contribution < -0.4 is 5.32 Å². The van der Waals surface area contributed by atoms with Gasteiger partial charge in [0.2, 0.25) is 0 Å². The van der Waals surface area contributed by atoms with Crippen LogP contribution in [0.4, 0.5) is 0 Å². The van der Waals surface area contributed by atoms with E-state index in [-0.39, 0.29) is 17.4 Å². The second kappa shape index (κ2) is 5.67. The number of aromatic nitrogens is 1. The standard InChI is InChI=1S/C16H22N2O2/c1-11(19)9-16(2,3)10-18-15(20)13-4-5-14-12(8-13)6-7-17-14/h4-8,11,17,19H,9-10H2,1-3H3,(H,18,20). The SMILES string of the molecule is CC(O)CC(C)(C)CNC(=O)c1ccc2[nH]ccc2c1. The summed E-state index contributed by atoms with van der Waals surface area (Å²) in [5.74, 6) is -0.0771. The van der Waals surface area contributed by atoms with Crippen LogP contribution in [-0.4, -0.2) is 28.6 Å². The van der Waals surface area contributed by atoms with Gasteiger partial charge in [-0.2, -0.15) is 0 Å². The van der Waals surface area contributed by atoms with Gasteiger partial charge in [-0.15, -0.1) is 0 Å². The highest BCUT2D eigenvalue weighted by molar-refractivity contribution is 5.98. The molecule has 1 amide bonds. The molecule has 0 bridgehead atoms. The molecule has 1 aromatic heterocycles. The maximum absolute atomic E-state index is 12.2. The number of nitrogens with one attached hydrogen (secondary N) is 2. The molecule has 0 radical (unpaired) electrons. The number of H-pyrrole nitrogens is 1. The summed E-state index contributed by atoms with van der Waals surface area (Å²) in [6.07, 6.45) is 2.15. The zero-order valence-electron chi connectivity index (χ0n) is 12.2. The van der Waals surface area contributed by atoms with Gasteiger partial charge in [-0.1, -0.05) is 13.8 Å². The molecular weight excluding hydrogens is 252 g/mol. The summed E-state index contributed by atoms with van der Waals surface area (Å²) in [6, 6.07) is 7.55. The fourth-order valence-electron chi connectivity index (χ4n) is 2.49. The molecule has 1 atom stereocenters. The van der Waals surface area contributed by atoms with Gasteiger partial charge in [-0.3, -0.25) is 4.79 Å². The van der Waals surface area contributed by atoms with Crippen LogP contribution in [0.3, 0.4) is 0 Å². The number of rotatable bonds is 5. The van der Waals surface area contributed by atoms with Gasteiger partial charge >= 0.3 is 0 Å². The summed E-state index contributed by atoms with van der Waals surface area (Å²) in [6.45, 7) is 6.38.